The molecule has 48 valence electrons. The number of hydrogen-bond acceptors (Lipinski definition) is 5. The summed E-state index contributed by atoms with van der Waals surface area (Å²) in [6.45, 7) is 0. The van der Waals surface area contributed by atoms with E-state index in [1.165, 1.54) is 0 Å². The van der Waals surface area contributed by atoms with E-state index in [2.05, 4.69) is 4.74 Å². The molecule has 0 heterocycles. The lowest BCUT2D eigenvalue weighted by atomic mass is 10.7. The van der Waals surface area contributed by atoms with E-state index in [0.29, 0.717) is 0 Å². The van der Waals surface area contributed by atoms with E-state index < -0.39 is 11.9 Å². The molecule has 5 nitrogen and oxygen atoms in total. The van der Waals surface area contributed by atoms with Crippen molar-refractivity contribution in [3.63, 3.8) is 0 Å². The molecular weight excluding hydrogens is 128 g/mol. The second kappa shape index (κ2) is 3.48. The third kappa shape index (κ3) is 3.10. The Morgan fingerprint density at radius 2 is 1.33 bits per heavy atom. The van der Waals surface area contributed by atoms with Crippen LogP contribution >= 0.6 is 0 Å². The summed E-state index contributed by atoms with van der Waals surface area (Å²) in [4.78, 5) is 38.4. The molecule has 9 heavy (non-hydrogen) atoms. The van der Waals surface area contributed by atoms with Gasteiger partial charge in [-0.2, -0.15) is 0 Å². The summed E-state index contributed by atoms with van der Waals surface area (Å²) < 4.78 is 3.53. The van der Waals surface area contributed by atoms with Gasteiger partial charge in [-0.05, 0) is 0 Å². The van der Waals surface area contributed by atoms with Crippen LogP contribution in [0.4, 0.5) is 0 Å². The van der Waals surface area contributed by atoms with Crippen LogP contribution in [0.1, 0.15) is 0 Å². The Hall–Kier alpha value is -1.52. The Morgan fingerprint density at radius 1 is 1.00 bits per heavy atom. The van der Waals surface area contributed by atoms with Crippen molar-refractivity contribution in [3.05, 3.63) is 0 Å². The molecule has 0 aromatic rings. The van der Waals surface area contributed by atoms with Crippen LogP contribution in [0.2, 0.25) is 0 Å². The fourth-order valence-corrected chi connectivity index (χ4v) is 0.147. The van der Waals surface area contributed by atoms with Crippen molar-refractivity contribution in [1.29, 1.82) is 0 Å². The average molecular weight is 130 g/mol. The molecule has 0 spiro atoms. The lowest BCUT2D eigenvalue weighted by Gasteiger charge is -1.85. The molecule has 0 fully saturated rings. The third-order valence-electron chi connectivity index (χ3n) is 0.394. The second-order valence-corrected chi connectivity index (χ2v) is 0.976. The lowest BCUT2D eigenvalue weighted by molar-refractivity contribution is -0.162. The van der Waals surface area contributed by atoms with Crippen LogP contribution in [0, 0.1) is 0 Å². The molecule has 0 saturated heterocycles. The highest BCUT2D eigenvalue weighted by atomic mass is 16.6. The summed E-state index contributed by atoms with van der Waals surface area (Å²) in [5, 5.41) is 0. The summed E-state index contributed by atoms with van der Waals surface area (Å²) in [7, 11) is 0. The topological polar surface area (TPSA) is 77.5 Å². The van der Waals surface area contributed by atoms with Gasteiger partial charge in [0.25, 0.3) is 0 Å². The standard InChI is InChI=1S/C4H2O5/c5-1-3(7)9-4(8)2-6/h1-2H. The zero-order chi connectivity index (χ0) is 7.28. The summed E-state index contributed by atoms with van der Waals surface area (Å²) >= 11 is 0. The molecule has 5 heteroatoms. The predicted molar refractivity (Wildman–Crippen MR) is 23.2 cm³/mol. The third-order valence-corrected chi connectivity index (χ3v) is 0.394. The molecule has 0 atom stereocenters. The maximum Gasteiger partial charge on any atom is 0.379 e. The molecule has 0 aliphatic rings. The lowest BCUT2D eigenvalue weighted by Crippen LogP contribution is -2.13. The largest absolute Gasteiger partial charge is 0.382 e. The summed E-state index contributed by atoms with van der Waals surface area (Å²) in [5.74, 6) is -2.74. The van der Waals surface area contributed by atoms with E-state index in [4.69, 9.17) is 0 Å². The molecule has 0 aromatic carbocycles. The fourth-order valence-electron chi connectivity index (χ4n) is 0.147. The van der Waals surface area contributed by atoms with Gasteiger partial charge in [0, 0.05) is 0 Å². The van der Waals surface area contributed by atoms with Gasteiger partial charge in [-0.25, -0.2) is 9.59 Å². The first-order valence-corrected chi connectivity index (χ1v) is 1.87. The fraction of sp³-hybridized carbons (Fsp3) is 0. The van der Waals surface area contributed by atoms with Crippen LogP contribution in [-0.4, -0.2) is 24.5 Å². The highest BCUT2D eigenvalue weighted by Gasteiger charge is 2.05. The van der Waals surface area contributed by atoms with Crippen molar-refractivity contribution in [2.24, 2.45) is 0 Å². The Labute approximate surface area is 49.6 Å². The minimum Gasteiger partial charge on any atom is -0.382 e. The van der Waals surface area contributed by atoms with E-state index in [0.717, 1.165) is 0 Å². The normalized spacial score (nSPS) is 7.56. The van der Waals surface area contributed by atoms with Gasteiger partial charge in [0.05, 0.1) is 0 Å². The first kappa shape index (κ1) is 7.48. The van der Waals surface area contributed by atoms with E-state index in [1.54, 1.807) is 0 Å². The van der Waals surface area contributed by atoms with Gasteiger partial charge in [0.15, 0.2) is 0 Å². The highest BCUT2D eigenvalue weighted by molar-refractivity contribution is 6.30. The monoisotopic (exact) mass is 130 g/mol. The Morgan fingerprint density at radius 3 is 1.56 bits per heavy atom. The van der Waals surface area contributed by atoms with Gasteiger partial charge in [0.1, 0.15) is 0 Å². The van der Waals surface area contributed by atoms with E-state index in [9.17, 15) is 19.2 Å². The van der Waals surface area contributed by atoms with E-state index in [-0.39, 0.29) is 12.6 Å². The number of rotatable bonds is 2. The van der Waals surface area contributed by atoms with Crippen molar-refractivity contribution in [1.82, 2.24) is 0 Å². The highest BCUT2D eigenvalue weighted by Crippen LogP contribution is 1.71. The molecule has 0 bridgehead atoms. The van der Waals surface area contributed by atoms with Gasteiger partial charge >= 0.3 is 11.9 Å². The number of carbonyl (C=O) groups excluding carboxylic acids is 4. The van der Waals surface area contributed by atoms with Gasteiger partial charge < -0.3 is 4.74 Å². The summed E-state index contributed by atoms with van der Waals surface area (Å²) in [5.41, 5.74) is 0. The van der Waals surface area contributed by atoms with E-state index in [1.807, 2.05) is 0 Å². The quantitative estimate of drug-likeness (QED) is 0.196. The molecular formula is C4H2O5. The Balaban J connectivity index is 3.73. The molecule has 0 rings (SSSR count). The van der Waals surface area contributed by atoms with Crippen molar-refractivity contribution in [2.75, 3.05) is 0 Å². The zero-order valence-electron chi connectivity index (χ0n) is 4.20. The van der Waals surface area contributed by atoms with Crippen LogP contribution in [-0.2, 0) is 23.9 Å². The van der Waals surface area contributed by atoms with Crippen LogP contribution in [0.3, 0.4) is 0 Å². The predicted octanol–water partition coefficient (Wildman–Crippen LogP) is -1.55. The SMILES string of the molecule is O=CC(=O)OC(=O)C=O. The minimum absolute atomic E-state index is 0.207. The average Bonchev–Trinajstić information content (AvgIpc) is 1.87. The van der Waals surface area contributed by atoms with Crippen LogP contribution in [0.5, 0.6) is 0 Å². The number of esters is 2. The molecule has 0 saturated carbocycles. The Bertz CT molecular complexity index is 140. The van der Waals surface area contributed by atoms with Crippen molar-refractivity contribution in [2.45, 2.75) is 0 Å². The number of aldehydes is 2. The molecule has 0 aromatic heterocycles. The maximum absolute atomic E-state index is 9.81. The molecule has 0 radical (unpaired) electrons. The van der Waals surface area contributed by atoms with E-state index >= 15 is 0 Å². The number of carbonyl (C=O) groups is 4. The molecule has 0 amide bonds. The van der Waals surface area contributed by atoms with Crippen molar-refractivity contribution in [3.8, 4) is 0 Å². The molecule has 0 N–H and O–H groups in total. The summed E-state index contributed by atoms with van der Waals surface area (Å²) in [6, 6.07) is 0. The number of hydrogen-bond donors (Lipinski definition) is 0. The molecule has 0 unspecified atom stereocenters. The minimum atomic E-state index is -1.37. The van der Waals surface area contributed by atoms with Gasteiger partial charge in [0.2, 0.25) is 12.6 Å². The van der Waals surface area contributed by atoms with Crippen LogP contribution in [0.15, 0.2) is 0 Å². The molecule has 0 aliphatic heterocycles. The second-order valence-electron chi connectivity index (χ2n) is 0.976. The van der Waals surface area contributed by atoms with Crippen LogP contribution in [0.25, 0.3) is 0 Å². The smallest absolute Gasteiger partial charge is 0.379 e. The first-order valence-electron chi connectivity index (χ1n) is 1.87. The number of ether oxygens (including phenoxy) is 1. The van der Waals surface area contributed by atoms with Crippen molar-refractivity contribution < 1.29 is 23.9 Å². The zero-order valence-corrected chi connectivity index (χ0v) is 4.20. The first-order chi connectivity index (χ1) is 4.20. The Kier molecular flexibility index (Phi) is 2.89. The summed E-state index contributed by atoms with van der Waals surface area (Å²) in [6.07, 6.45) is -0.414. The van der Waals surface area contributed by atoms with Crippen LogP contribution < -0.4 is 0 Å². The molecule has 0 aliphatic carbocycles. The van der Waals surface area contributed by atoms with Crippen molar-refractivity contribution >= 4 is 24.5 Å². The van der Waals surface area contributed by atoms with Gasteiger partial charge in [-0.1, -0.05) is 0 Å². The van der Waals surface area contributed by atoms with Gasteiger partial charge in [-0.3, -0.25) is 9.59 Å². The van der Waals surface area contributed by atoms with Gasteiger partial charge in [-0.15, -0.1) is 0 Å². The maximum atomic E-state index is 9.81.